The van der Waals surface area contributed by atoms with Crippen LogP contribution in [0.5, 0.6) is 11.5 Å². The van der Waals surface area contributed by atoms with Gasteiger partial charge < -0.3 is 19.3 Å². The zero-order valence-corrected chi connectivity index (χ0v) is 17.2. The van der Waals surface area contributed by atoms with Gasteiger partial charge in [-0.3, -0.25) is 9.69 Å². The lowest BCUT2D eigenvalue weighted by molar-refractivity contribution is 0.0938. The van der Waals surface area contributed by atoms with Crippen molar-refractivity contribution in [3.63, 3.8) is 0 Å². The van der Waals surface area contributed by atoms with Gasteiger partial charge in [0.2, 0.25) is 11.7 Å². The van der Waals surface area contributed by atoms with E-state index in [4.69, 9.17) is 14.0 Å². The van der Waals surface area contributed by atoms with E-state index in [1.807, 2.05) is 31.3 Å². The van der Waals surface area contributed by atoms with Gasteiger partial charge in [-0.15, -0.1) is 0 Å². The summed E-state index contributed by atoms with van der Waals surface area (Å²) in [6.07, 6.45) is 0.697. The molecule has 4 rings (SSSR count). The fourth-order valence-corrected chi connectivity index (χ4v) is 3.63. The summed E-state index contributed by atoms with van der Waals surface area (Å²) in [5.74, 6) is 2.46. The number of carbonyl (C=O) groups is 1. The summed E-state index contributed by atoms with van der Waals surface area (Å²) >= 11 is 0. The molecule has 0 spiro atoms. The smallest absolute Gasteiger partial charge is 0.251 e. The number of hydrogen-bond donors (Lipinski definition) is 1. The van der Waals surface area contributed by atoms with Crippen molar-refractivity contribution in [2.24, 2.45) is 0 Å². The summed E-state index contributed by atoms with van der Waals surface area (Å²) in [5.41, 5.74) is 1.46. The Kier molecular flexibility index (Phi) is 5.67. The average Bonchev–Trinajstić information content (AvgIpc) is 3.40. The number of likely N-dealkylation sites (tertiary alicyclic amines) is 1. The fourth-order valence-electron chi connectivity index (χ4n) is 3.63. The summed E-state index contributed by atoms with van der Waals surface area (Å²) in [6.45, 7) is 0.701. The van der Waals surface area contributed by atoms with Gasteiger partial charge in [-0.25, -0.2) is 0 Å². The van der Waals surface area contributed by atoms with E-state index < -0.39 is 0 Å². The Labute approximate surface area is 174 Å². The molecule has 1 aromatic heterocycles. The molecule has 0 bridgehead atoms. The zero-order valence-electron chi connectivity index (χ0n) is 17.2. The molecule has 1 aliphatic heterocycles. The van der Waals surface area contributed by atoms with Gasteiger partial charge in [0.25, 0.3) is 5.91 Å². The van der Waals surface area contributed by atoms with Crippen LogP contribution >= 0.6 is 0 Å². The zero-order chi connectivity index (χ0) is 21.1. The molecule has 156 valence electrons. The molecule has 1 fully saturated rings. The first-order valence-electron chi connectivity index (χ1n) is 9.70. The highest BCUT2D eigenvalue weighted by Gasteiger charge is 2.35. The van der Waals surface area contributed by atoms with Crippen LogP contribution in [0.1, 0.15) is 28.7 Å². The molecule has 0 saturated carbocycles. The van der Waals surface area contributed by atoms with Crippen LogP contribution in [0.25, 0.3) is 11.4 Å². The second kappa shape index (κ2) is 8.54. The molecule has 0 radical (unpaired) electrons. The second-order valence-electron chi connectivity index (χ2n) is 7.27. The van der Waals surface area contributed by atoms with E-state index in [-0.39, 0.29) is 18.0 Å². The molecule has 2 atom stereocenters. The van der Waals surface area contributed by atoms with Crippen molar-refractivity contribution in [3.8, 4) is 22.9 Å². The highest BCUT2D eigenvalue weighted by molar-refractivity contribution is 5.94. The van der Waals surface area contributed by atoms with Gasteiger partial charge in [0, 0.05) is 23.7 Å². The number of hydrogen-bond acceptors (Lipinski definition) is 7. The van der Waals surface area contributed by atoms with Crippen LogP contribution in [0.3, 0.4) is 0 Å². The highest BCUT2D eigenvalue weighted by Crippen LogP contribution is 2.31. The Hall–Kier alpha value is -3.39. The third-order valence-electron chi connectivity index (χ3n) is 5.31. The van der Waals surface area contributed by atoms with E-state index in [0.717, 1.165) is 17.1 Å². The molecule has 1 aliphatic rings. The average molecular weight is 408 g/mol. The van der Waals surface area contributed by atoms with E-state index in [1.165, 1.54) is 0 Å². The minimum absolute atomic E-state index is 0.00839. The van der Waals surface area contributed by atoms with Crippen LogP contribution in [0.4, 0.5) is 0 Å². The lowest BCUT2D eigenvalue weighted by atomic mass is 10.1. The molecule has 2 aromatic carbocycles. The molecule has 2 heterocycles. The number of amides is 1. The van der Waals surface area contributed by atoms with Crippen molar-refractivity contribution in [1.82, 2.24) is 20.4 Å². The first kappa shape index (κ1) is 19.9. The molecule has 1 saturated heterocycles. The lowest BCUT2D eigenvalue weighted by Gasteiger charge is -2.14. The molecule has 0 aliphatic carbocycles. The number of nitrogens with zero attached hydrogens (tertiary/aromatic N) is 3. The molecular weight excluding hydrogens is 384 g/mol. The second-order valence-corrected chi connectivity index (χ2v) is 7.27. The molecular formula is C22H24N4O4. The molecule has 3 aromatic rings. The van der Waals surface area contributed by atoms with Crippen molar-refractivity contribution < 1.29 is 18.8 Å². The molecule has 8 nitrogen and oxygen atoms in total. The predicted molar refractivity (Wildman–Crippen MR) is 111 cm³/mol. The number of likely N-dealkylation sites (N-methyl/N-ethyl adjacent to an activating group) is 1. The SMILES string of the molecule is COc1ccc(C(=O)NC2CC(c3nc(-c4ccc(OC)cc4)no3)N(C)C2)cc1. The van der Waals surface area contributed by atoms with Crippen molar-refractivity contribution in [3.05, 3.63) is 60.0 Å². The molecule has 2 unspecified atom stereocenters. The van der Waals surface area contributed by atoms with Crippen molar-refractivity contribution in [2.75, 3.05) is 27.8 Å². The van der Waals surface area contributed by atoms with E-state index in [0.29, 0.717) is 30.2 Å². The third kappa shape index (κ3) is 4.13. The summed E-state index contributed by atoms with van der Waals surface area (Å²) in [5, 5.41) is 7.21. The Morgan fingerprint density at radius 2 is 1.70 bits per heavy atom. The Morgan fingerprint density at radius 1 is 1.07 bits per heavy atom. The van der Waals surface area contributed by atoms with E-state index in [1.54, 1.807) is 38.5 Å². The number of methoxy groups -OCH3 is 2. The van der Waals surface area contributed by atoms with Gasteiger partial charge >= 0.3 is 0 Å². The van der Waals surface area contributed by atoms with Crippen LogP contribution < -0.4 is 14.8 Å². The van der Waals surface area contributed by atoms with Gasteiger partial charge in [-0.2, -0.15) is 4.98 Å². The van der Waals surface area contributed by atoms with Crippen LogP contribution in [0.15, 0.2) is 53.1 Å². The van der Waals surface area contributed by atoms with E-state index in [9.17, 15) is 4.79 Å². The maximum absolute atomic E-state index is 12.6. The van der Waals surface area contributed by atoms with Gasteiger partial charge in [-0.1, -0.05) is 5.16 Å². The fraction of sp³-hybridized carbons (Fsp3) is 0.318. The topological polar surface area (TPSA) is 89.7 Å². The number of nitrogens with one attached hydrogen (secondary N) is 1. The van der Waals surface area contributed by atoms with Crippen molar-refractivity contribution >= 4 is 5.91 Å². The minimum Gasteiger partial charge on any atom is -0.497 e. The van der Waals surface area contributed by atoms with Crippen LogP contribution in [0, 0.1) is 0 Å². The maximum Gasteiger partial charge on any atom is 0.251 e. The minimum atomic E-state index is -0.110. The summed E-state index contributed by atoms with van der Waals surface area (Å²) in [4.78, 5) is 19.2. The highest BCUT2D eigenvalue weighted by atomic mass is 16.5. The number of aromatic nitrogens is 2. The molecule has 1 N–H and O–H groups in total. The number of benzene rings is 2. The van der Waals surface area contributed by atoms with E-state index in [2.05, 4.69) is 20.4 Å². The largest absolute Gasteiger partial charge is 0.497 e. The van der Waals surface area contributed by atoms with Crippen molar-refractivity contribution in [2.45, 2.75) is 18.5 Å². The number of rotatable bonds is 6. The van der Waals surface area contributed by atoms with Crippen LogP contribution in [-0.4, -0.2) is 54.8 Å². The number of ether oxygens (including phenoxy) is 2. The maximum atomic E-state index is 12.6. The van der Waals surface area contributed by atoms with Gasteiger partial charge in [0.1, 0.15) is 11.5 Å². The summed E-state index contributed by atoms with van der Waals surface area (Å²) in [7, 11) is 5.21. The number of carbonyl (C=O) groups excluding carboxylic acids is 1. The Bertz CT molecular complexity index is 1000. The first-order valence-corrected chi connectivity index (χ1v) is 9.70. The Balaban J connectivity index is 1.41. The Morgan fingerprint density at radius 3 is 2.33 bits per heavy atom. The third-order valence-corrected chi connectivity index (χ3v) is 5.31. The van der Waals surface area contributed by atoms with Gasteiger partial charge in [0.05, 0.1) is 20.3 Å². The van der Waals surface area contributed by atoms with Crippen molar-refractivity contribution in [1.29, 1.82) is 0 Å². The lowest BCUT2D eigenvalue weighted by Crippen LogP contribution is -2.36. The summed E-state index contributed by atoms with van der Waals surface area (Å²) in [6, 6.07) is 14.5. The standard InChI is InChI=1S/C22H24N4O4/c1-26-13-16(23-21(27)15-6-10-18(29-3)11-7-15)12-19(26)22-24-20(25-30-22)14-4-8-17(28-2)9-5-14/h4-11,16,19H,12-13H2,1-3H3,(H,23,27). The molecule has 30 heavy (non-hydrogen) atoms. The summed E-state index contributed by atoms with van der Waals surface area (Å²) < 4.78 is 15.9. The monoisotopic (exact) mass is 408 g/mol. The first-order chi connectivity index (χ1) is 14.6. The molecule has 1 amide bonds. The van der Waals surface area contributed by atoms with E-state index >= 15 is 0 Å². The normalized spacial score (nSPS) is 18.9. The quantitative estimate of drug-likeness (QED) is 0.671. The van der Waals surface area contributed by atoms with Gasteiger partial charge in [-0.05, 0) is 62.0 Å². The predicted octanol–water partition coefficient (Wildman–Crippen LogP) is 2.93. The molecule has 8 heteroatoms. The van der Waals surface area contributed by atoms with Crippen LogP contribution in [0.2, 0.25) is 0 Å². The van der Waals surface area contributed by atoms with Gasteiger partial charge in [0.15, 0.2) is 0 Å². The van der Waals surface area contributed by atoms with Crippen LogP contribution in [-0.2, 0) is 0 Å².